The van der Waals surface area contributed by atoms with Gasteiger partial charge >= 0.3 is 5.97 Å². The highest BCUT2D eigenvalue weighted by molar-refractivity contribution is 6.32. The molecule has 1 aromatic rings. The van der Waals surface area contributed by atoms with Crippen LogP contribution in [0, 0.1) is 5.92 Å². The number of halogens is 1. The first-order valence-electron chi connectivity index (χ1n) is 7.22. The predicted molar refractivity (Wildman–Crippen MR) is 81.3 cm³/mol. The number of carbonyl (C=O) groups is 2. The van der Waals surface area contributed by atoms with E-state index in [0.717, 1.165) is 0 Å². The molecule has 1 saturated heterocycles. The van der Waals surface area contributed by atoms with Crippen molar-refractivity contribution in [1.29, 1.82) is 0 Å². The average molecular weight is 327 g/mol. The highest BCUT2D eigenvalue weighted by atomic mass is 35.5. The molecule has 0 saturated carbocycles. The van der Waals surface area contributed by atoms with Crippen LogP contribution in [0.4, 0.5) is 0 Å². The first-order chi connectivity index (χ1) is 10.4. The van der Waals surface area contributed by atoms with Gasteiger partial charge in [0.2, 0.25) is 5.88 Å². The number of carboxylic acids is 1. The zero-order chi connectivity index (χ0) is 16.3. The Balaban J connectivity index is 2.14. The first-order valence-corrected chi connectivity index (χ1v) is 7.60. The number of aromatic nitrogens is 1. The molecule has 0 spiro atoms. The summed E-state index contributed by atoms with van der Waals surface area (Å²) in [5.74, 6) is -0.736. The Bertz CT molecular complexity index is 577. The van der Waals surface area contributed by atoms with Gasteiger partial charge in [-0.05, 0) is 24.8 Å². The lowest BCUT2D eigenvalue weighted by Crippen LogP contribution is -2.40. The Morgan fingerprint density at radius 3 is 2.86 bits per heavy atom. The molecule has 2 rings (SSSR count). The van der Waals surface area contributed by atoms with Gasteiger partial charge in [-0.1, -0.05) is 25.4 Å². The molecule has 2 heterocycles. The summed E-state index contributed by atoms with van der Waals surface area (Å²) in [6.45, 7) is 4.92. The lowest BCUT2D eigenvalue weighted by Gasteiger charge is -2.21. The molecule has 0 aliphatic carbocycles. The zero-order valence-electron chi connectivity index (χ0n) is 12.6. The number of carboxylic acid groups (broad SMARTS) is 1. The second kappa shape index (κ2) is 6.96. The van der Waals surface area contributed by atoms with Gasteiger partial charge in [-0.2, -0.15) is 0 Å². The van der Waals surface area contributed by atoms with Gasteiger partial charge in [-0.3, -0.25) is 4.79 Å². The summed E-state index contributed by atoms with van der Waals surface area (Å²) in [6, 6.07) is 0.701. The summed E-state index contributed by atoms with van der Waals surface area (Å²) in [4.78, 5) is 29.0. The van der Waals surface area contributed by atoms with Crippen molar-refractivity contribution in [3.8, 4) is 5.88 Å². The van der Waals surface area contributed by atoms with Gasteiger partial charge in [0.15, 0.2) is 0 Å². The average Bonchev–Trinajstić information content (AvgIpc) is 2.94. The van der Waals surface area contributed by atoms with E-state index < -0.39 is 12.0 Å². The van der Waals surface area contributed by atoms with Crippen molar-refractivity contribution in [2.45, 2.75) is 32.7 Å². The van der Waals surface area contributed by atoms with Crippen LogP contribution in [-0.4, -0.2) is 46.1 Å². The molecule has 22 heavy (non-hydrogen) atoms. The Morgan fingerprint density at radius 1 is 1.55 bits per heavy atom. The second-order valence-electron chi connectivity index (χ2n) is 5.71. The fourth-order valence-corrected chi connectivity index (χ4v) is 2.55. The summed E-state index contributed by atoms with van der Waals surface area (Å²) in [6.07, 6.45) is 2.53. The quantitative estimate of drug-likeness (QED) is 0.899. The normalized spacial score (nSPS) is 17.8. The van der Waals surface area contributed by atoms with E-state index in [1.165, 1.54) is 17.2 Å². The van der Waals surface area contributed by atoms with E-state index in [0.29, 0.717) is 31.9 Å². The molecule has 1 aromatic heterocycles. The Labute approximate surface area is 134 Å². The molecule has 1 aliphatic heterocycles. The van der Waals surface area contributed by atoms with Crippen molar-refractivity contribution in [2.24, 2.45) is 5.92 Å². The molecule has 1 fully saturated rings. The van der Waals surface area contributed by atoms with Gasteiger partial charge < -0.3 is 14.7 Å². The zero-order valence-corrected chi connectivity index (χ0v) is 13.3. The largest absolute Gasteiger partial charge is 0.480 e. The van der Waals surface area contributed by atoms with E-state index in [1.807, 2.05) is 13.8 Å². The molecule has 120 valence electrons. The molecule has 0 radical (unpaired) electrons. The van der Waals surface area contributed by atoms with Crippen molar-refractivity contribution >= 4 is 23.5 Å². The number of rotatable bonds is 5. The third-order valence-electron chi connectivity index (χ3n) is 3.41. The van der Waals surface area contributed by atoms with E-state index >= 15 is 0 Å². The summed E-state index contributed by atoms with van der Waals surface area (Å²) in [7, 11) is 0. The first kappa shape index (κ1) is 16.5. The van der Waals surface area contributed by atoms with Gasteiger partial charge in [0, 0.05) is 12.7 Å². The molecular weight excluding hydrogens is 308 g/mol. The van der Waals surface area contributed by atoms with Gasteiger partial charge in [0.05, 0.1) is 12.2 Å². The fourth-order valence-electron chi connectivity index (χ4n) is 2.33. The number of ether oxygens (including phenoxy) is 1. The maximum absolute atomic E-state index is 12.4. The molecule has 0 aromatic carbocycles. The van der Waals surface area contributed by atoms with Crippen molar-refractivity contribution in [1.82, 2.24) is 9.88 Å². The van der Waals surface area contributed by atoms with Crippen LogP contribution >= 0.6 is 11.6 Å². The minimum absolute atomic E-state index is 0.248. The van der Waals surface area contributed by atoms with E-state index in [4.69, 9.17) is 21.4 Å². The Kier molecular flexibility index (Phi) is 5.24. The molecule has 1 aliphatic rings. The number of hydrogen-bond donors (Lipinski definition) is 1. The van der Waals surface area contributed by atoms with Gasteiger partial charge in [0.25, 0.3) is 5.91 Å². The van der Waals surface area contributed by atoms with E-state index in [1.54, 1.807) is 0 Å². The summed E-state index contributed by atoms with van der Waals surface area (Å²) >= 11 is 6.09. The fraction of sp³-hybridized carbons (Fsp3) is 0.533. The molecule has 1 N–H and O–H groups in total. The maximum atomic E-state index is 12.4. The molecule has 1 amide bonds. The number of carbonyl (C=O) groups excluding carboxylic acids is 1. The highest BCUT2D eigenvalue weighted by Gasteiger charge is 2.34. The topological polar surface area (TPSA) is 79.7 Å². The number of nitrogens with zero attached hydrogens (tertiary/aromatic N) is 2. The Hall–Kier alpha value is -1.82. The number of pyridine rings is 1. The number of amides is 1. The number of hydrogen-bond acceptors (Lipinski definition) is 4. The standard InChI is InChI=1S/C15H19ClN2O4/c1-9(2)8-22-13-11(16)6-10(7-17-13)14(19)18-5-3-4-12(18)15(20)21/h6-7,9,12H,3-5,8H2,1-2H3,(H,20,21)/t12-/m0/s1. The van der Waals surface area contributed by atoms with Gasteiger partial charge in [0.1, 0.15) is 11.1 Å². The third-order valence-corrected chi connectivity index (χ3v) is 3.68. The van der Waals surface area contributed by atoms with Crippen LogP contribution in [-0.2, 0) is 4.79 Å². The second-order valence-corrected chi connectivity index (χ2v) is 6.12. The summed E-state index contributed by atoms with van der Waals surface area (Å²) in [5.41, 5.74) is 0.273. The minimum atomic E-state index is -0.984. The molecule has 0 unspecified atom stereocenters. The van der Waals surface area contributed by atoms with Gasteiger partial charge in [-0.15, -0.1) is 0 Å². The van der Waals surface area contributed by atoms with Crippen molar-refractivity contribution in [3.63, 3.8) is 0 Å². The molecular formula is C15H19ClN2O4. The molecule has 6 nitrogen and oxygen atoms in total. The molecule has 1 atom stereocenters. The Morgan fingerprint density at radius 2 is 2.27 bits per heavy atom. The van der Waals surface area contributed by atoms with Gasteiger partial charge in [-0.25, -0.2) is 9.78 Å². The predicted octanol–water partition coefficient (Wildman–Crippen LogP) is 2.46. The van der Waals surface area contributed by atoms with E-state index in [9.17, 15) is 9.59 Å². The van der Waals surface area contributed by atoms with Crippen LogP contribution < -0.4 is 4.74 Å². The van der Waals surface area contributed by atoms with Crippen LogP contribution in [0.3, 0.4) is 0 Å². The van der Waals surface area contributed by atoms with Crippen LogP contribution in [0.1, 0.15) is 37.0 Å². The SMILES string of the molecule is CC(C)COc1ncc(C(=O)N2CCC[C@H]2C(=O)O)cc1Cl. The van der Waals surface area contributed by atoms with Crippen LogP contribution in [0.5, 0.6) is 5.88 Å². The lowest BCUT2D eigenvalue weighted by molar-refractivity contribution is -0.141. The van der Waals surface area contributed by atoms with E-state index in [2.05, 4.69) is 4.98 Å². The van der Waals surface area contributed by atoms with Crippen LogP contribution in [0.2, 0.25) is 5.02 Å². The number of aliphatic carboxylic acids is 1. The van der Waals surface area contributed by atoms with E-state index in [-0.39, 0.29) is 22.4 Å². The monoisotopic (exact) mass is 326 g/mol. The van der Waals surface area contributed by atoms with Crippen LogP contribution in [0.25, 0.3) is 0 Å². The van der Waals surface area contributed by atoms with Crippen molar-refractivity contribution in [2.75, 3.05) is 13.2 Å². The summed E-state index contributed by atoms with van der Waals surface area (Å²) in [5, 5.41) is 9.39. The van der Waals surface area contributed by atoms with Crippen LogP contribution in [0.15, 0.2) is 12.3 Å². The smallest absolute Gasteiger partial charge is 0.326 e. The molecule has 0 bridgehead atoms. The summed E-state index contributed by atoms with van der Waals surface area (Å²) < 4.78 is 5.46. The maximum Gasteiger partial charge on any atom is 0.326 e. The number of likely N-dealkylation sites (tertiary alicyclic amines) is 1. The highest BCUT2D eigenvalue weighted by Crippen LogP contribution is 2.26. The lowest BCUT2D eigenvalue weighted by atomic mass is 10.2. The van der Waals surface area contributed by atoms with Crippen molar-refractivity contribution in [3.05, 3.63) is 22.8 Å². The minimum Gasteiger partial charge on any atom is -0.480 e. The third kappa shape index (κ3) is 3.68. The molecule has 7 heteroatoms. The van der Waals surface area contributed by atoms with Crippen molar-refractivity contribution < 1.29 is 19.4 Å².